The summed E-state index contributed by atoms with van der Waals surface area (Å²) in [7, 11) is 0. The van der Waals surface area contributed by atoms with Crippen LogP contribution in [0.5, 0.6) is 0 Å². The molecular formula is C17H22Cl2N2O. The van der Waals surface area contributed by atoms with E-state index in [-0.39, 0.29) is 11.9 Å². The zero-order chi connectivity index (χ0) is 15.9. The Bertz CT molecular complexity index is 586. The van der Waals surface area contributed by atoms with E-state index >= 15 is 0 Å². The van der Waals surface area contributed by atoms with E-state index in [9.17, 15) is 4.79 Å². The van der Waals surface area contributed by atoms with Crippen LogP contribution >= 0.6 is 23.2 Å². The minimum absolute atomic E-state index is 0.237. The Hall–Kier alpha value is -0.770. The van der Waals surface area contributed by atoms with Gasteiger partial charge in [0.1, 0.15) is 0 Å². The van der Waals surface area contributed by atoms with Crippen molar-refractivity contribution in [2.24, 2.45) is 11.7 Å². The third-order valence-electron chi connectivity index (χ3n) is 5.34. The second-order valence-electron chi connectivity index (χ2n) is 6.71. The van der Waals surface area contributed by atoms with Gasteiger partial charge in [-0.15, -0.1) is 0 Å². The molecule has 0 spiro atoms. The van der Waals surface area contributed by atoms with Gasteiger partial charge < -0.3 is 10.6 Å². The van der Waals surface area contributed by atoms with E-state index in [1.807, 2.05) is 17.0 Å². The van der Waals surface area contributed by atoms with Crippen molar-refractivity contribution in [1.82, 2.24) is 4.90 Å². The summed E-state index contributed by atoms with van der Waals surface area (Å²) in [5.41, 5.74) is 6.38. The fourth-order valence-electron chi connectivity index (χ4n) is 3.82. The number of benzene rings is 1. The fraction of sp³-hybridized carbons (Fsp3) is 0.588. The van der Waals surface area contributed by atoms with Crippen LogP contribution in [0.15, 0.2) is 18.2 Å². The van der Waals surface area contributed by atoms with Crippen molar-refractivity contribution in [2.75, 3.05) is 13.1 Å². The van der Waals surface area contributed by atoms with E-state index < -0.39 is 5.41 Å². The number of rotatable bonds is 3. The lowest BCUT2D eigenvalue weighted by Crippen LogP contribution is -2.52. The van der Waals surface area contributed by atoms with Crippen molar-refractivity contribution in [3.05, 3.63) is 33.8 Å². The molecule has 3 rings (SSSR count). The van der Waals surface area contributed by atoms with Crippen LogP contribution < -0.4 is 5.73 Å². The number of nitrogens with two attached hydrogens (primary N) is 1. The first-order chi connectivity index (χ1) is 10.5. The Morgan fingerprint density at radius 3 is 2.59 bits per heavy atom. The van der Waals surface area contributed by atoms with Gasteiger partial charge in [0.05, 0.1) is 15.5 Å². The molecule has 2 fully saturated rings. The van der Waals surface area contributed by atoms with Crippen LogP contribution in [0.1, 0.15) is 38.2 Å². The molecular weight excluding hydrogens is 319 g/mol. The maximum atomic E-state index is 13.2. The fourth-order valence-corrected chi connectivity index (χ4v) is 4.12. The summed E-state index contributed by atoms with van der Waals surface area (Å²) in [5, 5.41) is 1.05. The Morgan fingerprint density at radius 2 is 2.09 bits per heavy atom. The summed E-state index contributed by atoms with van der Waals surface area (Å²) >= 11 is 12.2. The van der Waals surface area contributed by atoms with Crippen LogP contribution in [0.4, 0.5) is 0 Å². The average molecular weight is 341 g/mol. The Kier molecular flexibility index (Phi) is 4.41. The van der Waals surface area contributed by atoms with Crippen LogP contribution in [0.2, 0.25) is 10.0 Å². The second kappa shape index (κ2) is 6.03. The lowest BCUT2D eigenvalue weighted by Gasteiger charge is -2.44. The zero-order valence-corrected chi connectivity index (χ0v) is 14.3. The normalized spacial score (nSPS) is 26.8. The Morgan fingerprint density at radius 1 is 1.36 bits per heavy atom. The predicted octanol–water partition coefficient (Wildman–Crippen LogP) is 3.61. The molecule has 0 aromatic heterocycles. The largest absolute Gasteiger partial charge is 0.339 e. The topological polar surface area (TPSA) is 46.3 Å². The number of halogens is 2. The first kappa shape index (κ1) is 16.1. The van der Waals surface area contributed by atoms with Gasteiger partial charge in [-0.1, -0.05) is 35.7 Å². The van der Waals surface area contributed by atoms with Gasteiger partial charge in [-0.25, -0.2) is 0 Å². The standard InChI is InChI=1S/C17H22Cl2N2O/c1-11-7-12(9-20)10-21(11)16(22)17(5-2-6-17)13-3-4-14(18)15(19)8-13/h3-4,8,11-12H,2,5-7,9-10,20H2,1H3. The van der Waals surface area contributed by atoms with E-state index in [2.05, 4.69) is 6.92 Å². The number of hydrogen-bond donors (Lipinski definition) is 1. The van der Waals surface area contributed by atoms with E-state index in [0.29, 0.717) is 22.5 Å². The van der Waals surface area contributed by atoms with Crippen molar-refractivity contribution < 1.29 is 4.79 Å². The lowest BCUT2D eigenvalue weighted by atomic mass is 9.63. The molecule has 2 aliphatic rings. The molecule has 1 aliphatic carbocycles. The number of carbonyl (C=O) groups excluding carboxylic acids is 1. The molecule has 2 N–H and O–H groups in total. The maximum Gasteiger partial charge on any atom is 0.233 e. The van der Waals surface area contributed by atoms with Gasteiger partial charge in [-0.2, -0.15) is 0 Å². The second-order valence-corrected chi connectivity index (χ2v) is 7.52. The zero-order valence-electron chi connectivity index (χ0n) is 12.8. The quantitative estimate of drug-likeness (QED) is 0.913. The molecule has 22 heavy (non-hydrogen) atoms. The summed E-state index contributed by atoms with van der Waals surface area (Å²) < 4.78 is 0. The van der Waals surface area contributed by atoms with Crippen molar-refractivity contribution in [1.29, 1.82) is 0 Å². The highest BCUT2D eigenvalue weighted by Crippen LogP contribution is 2.47. The predicted molar refractivity (Wildman–Crippen MR) is 90.3 cm³/mol. The van der Waals surface area contributed by atoms with Gasteiger partial charge >= 0.3 is 0 Å². The molecule has 1 aromatic carbocycles. The molecule has 1 amide bonds. The van der Waals surface area contributed by atoms with E-state index in [4.69, 9.17) is 28.9 Å². The van der Waals surface area contributed by atoms with E-state index in [1.54, 1.807) is 6.07 Å². The van der Waals surface area contributed by atoms with Gasteiger partial charge in [0, 0.05) is 12.6 Å². The number of hydrogen-bond acceptors (Lipinski definition) is 2. The molecule has 1 aromatic rings. The van der Waals surface area contributed by atoms with Crippen LogP contribution in [-0.4, -0.2) is 29.9 Å². The monoisotopic (exact) mass is 340 g/mol. The van der Waals surface area contributed by atoms with Crippen molar-refractivity contribution in [3.8, 4) is 0 Å². The minimum atomic E-state index is -0.411. The van der Waals surface area contributed by atoms with Gasteiger partial charge in [-0.05, 0) is 56.3 Å². The summed E-state index contributed by atoms with van der Waals surface area (Å²) in [4.78, 5) is 15.3. The molecule has 1 saturated carbocycles. The van der Waals surface area contributed by atoms with Crippen LogP contribution in [0.25, 0.3) is 0 Å². The smallest absolute Gasteiger partial charge is 0.233 e. The molecule has 5 heteroatoms. The minimum Gasteiger partial charge on any atom is -0.339 e. The summed E-state index contributed by atoms with van der Waals surface area (Å²) in [5.74, 6) is 0.658. The van der Waals surface area contributed by atoms with Gasteiger partial charge in [0.25, 0.3) is 0 Å². The van der Waals surface area contributed by atoms with Gasteiger partial charge in [0.2, 0.25) is 5.91 Å². The molecule has 2 atom stereocenters. The van der Waals surface area contributed by atoms with E-state index in [0.717, 1.165) is 37.8 Å². The molecule has 1 saturated heterocycles. The van der Waals surface area contributed by atoms with Gasteiger partial charge in [0.15, 0.2) is 0 Å². The maximum absolute atomic E-state index is 13.2. The summed E-state index contributed by atoms with van der Waals surface area (Å²) in [6.45, 7) is 3.54. The molecule has 3 nitrogen and oxygen atoms in total. The highest BCUT2D eigenvalue weighted by Gasteiger charge is 2.50. The molecule has 0 radical (unpaired) electrons. The first-order valence-electron chi connectivity index (χ1n) is 7.94. The van der Waals surface area contributed by atoms with Crippen LogP contribution in [-0.2, 0) is 10.2 Å². The molecule has 1 heterocycles. The third-order valence-corrected chi connectivity index (χ3v) is 6.08. The number of nitrogens with zero attached hydrogens (tertiary/aromatic N) is 1. The van der Waals surface area contributed by atoms with Crippen LogP contribution in [0.3, 0.4) is 0 Å². The average Bonchev–Trinajstić information content (AvgIpc) is 2.82. The summed E-state index contributed by atoms with van der Waals surface area (Å²) in [6, 6.07) is 5.87. The van der Waals surface area contributed by atoms with Crippen molar-refractivity contribution >= 4 is 29.1 Å². The summed E-state index contributed by atoms with van der Waals surface area (Å²) in [6.07, 6.45) is 3.86. The van der Waals surface area contributed by atoms with Gasteiger partial charge in [-0.3, -0.25) is 4.79 Å². The van der Waals surface area contributed by atoms with Crippen LogP contribution in [0, 0.1) is 5.92 Å². The highest BCUT2D eigenvalue weighted by molar-refractivity contribution is 6.42. The van der Waals surface area contributed by atoms with Crippen molar-refractivity contribution in [2.45, 2.75) is 44.1 Å². The number of carbonyl (C=O) groups is 1. The first-order valence-corrected chi connectivity index (χ1v) is 8.70. The Labute approximate surface area is 141 Å². The highest BCUT2D eigenvalue weighted by atomic mass is 35.5. The molecule has 120 valence electrons. The van der Waals surface area contributed by atoms with Crippen molar-refractivity contribution in [3.63, 3.8) is 0 Å². The number of amides is 1. The number of likely N-dealkylation sites (tertiary alicyclic amines) is 1. The molecule has 1 aliphatic heterocycles. The SMILES string of the molecule is CC1CC(CN)CN1C(=O)C1(c2ccc(Cl)c(Cl)c2)CCC1. The lowest BCUT2D eigenvalue weighted by molar-refractivity contribution is -0.141. The Balaban J connectivity index is 1.89. The third kappa shape index (κ3) is 2.53. The molecule has 2 unspecified atom stereocenters. The van der Waals surface area contributed by atoms with E-state index in [1.165, 1.54) is 0 Å². The molecule has 0 bridgehead atoms.